The summed E-state index contributed by atoms with van der Waals surface area (Å²) in [4.78, 5) is 24.0. The molecule has 1 amide bonds. The number of carbonyl (C=O) groups excluding carboxylic acids is 2. The molecule has 2 aromatic carbocycles. The largest absolute Gasteiger partial charge is 0.388 e. The summed E-state index contributed by atoms with van der Waals surface area (Å²) in [5.41, 5.74) is 2.29. The normalized spacial score (nSPS) is 13.9. The van der Waals surface area contributed by atoms with Crippen molar-refractivity contribution in [1.82, 2.24) is 9.80 Å². The minimum Gasteiger partial charge on any atom is -0.388 e. The highest BCUT2D eigenvalue weighted by molar-refractivity contribution is 5.66. The third-order valence-electron chi connectivity index (χ3n) is 5.07. The van der Waals surface area contributed by atoms with Gasteiger partial charge >= 0.3 is 0 Å². The molecule has 0 atom stereocenters. The minimum absolute atomic E-state index is 0.204. The summed E-state index contributed by atoms with van der Waals surface area (Å²) in [6.45, 7) is 5.94. The molecule has 7 heteroatoms. The second-order valence-corrected chi connectivity index (χ2v) is 8.17. The van der Waals surface area contributed by atoms with Crippen molar-refractivity contribution in [2.24, 2.45) is 5.92 Å². The van der Waals surface area contributed by atoms with Gasteiger partial charge in [0.15, 0.2) is 0 Å². The van der Waals surface area contributed by atoms with Crippen molar-refractivity contribution in [3.8, 4) is 11.1 Å². The monoisotopic (exact) mass is 447 g/mol. The smallest absolute Gasteiger partial charge is 0.209 e. The maximum absolute atomic E-state index is 13.0. The fraction of sp³-hybridized carbons (Fsp3) is 0.440. The fourth-order valence-electron chi connectivity index (χ4n) is 3.04. The predicted molar refractivity (Wildman–Crippen MR) is 127 cm³/mol. The molecular weight excluding hydrogens is 412 g/mol. The Morgan fingerprint density at radius 1 is 1.00 bits per heavy atom. The molecule has 1 fully saturated rings. The van der Waals surface area contributed by atoms with Gasteiger partial charge in [-0.1, -0.05) is 26.0 Å². The van der Waals surface area contributed by atoms with Crippen LogP contribution in [0.1, 0.15) is 26.7 Å². The van der Waals surface area contributed by atoms with Crippen LogP contribution in [0.25, 0.3) is 11.1 Å². The van der Waals surface area contributed by atoms with Crippen LogP contribution in [-0.2, 0) is 9.59 Å². The van der Waals surface area contributed by atoms with Gasteiger partial charge in [0.25, 0.3) is 0 Å². The van der Waals surface area contributed by atoms with Crippen molar-refractivity contribution in [3.05, 3.63) is 54.1 Å². The van der Waals surface area contributed by atoms with Crippen LogP contribution >= 0.6 is 0 Å². The number of likely N-dealkylation sites (tertiary alicyclic amines) is 1. The molecule has 0 aliphatic carbocycles. The summed E-state index contributed by atoms with van der Waals surface area (Å²) in [5.74, 6) is -0.921. The summed E-state index contributed by atoms with van der Waals surface area (Å²) in [5, 5.41) is 2.98. The summed E-state index contributed by atoms with van der Waals surface area (Å²) in [6.07, 6.45) is 4.08. The van der Waals surface area contributed by atoms with Gasteiger partial charge in [-0.05, 0) is 68.4 Å². The zero-order chi connectivity index (χ0) is 24.1. The molecule has 1 aliphatic rings. The molecule has 0 spiro atoms. The number of anilines is 1. The molecule has 176 valence electrons. The van der Waals surface area contributed by atoms with E-state index in [1.54, 1.807) is 4.90 Å². The van der Waals surface area contributed by atoms with Gasteiger partial charge in [0.1, 0.15) is 17.9 Å². The molecule has 0 saturated carbocycles. The Bertz CT molecular complexity index is 800. The summed E-state index contributed by atoms with van der Waals surface area (Å²) < 4.78 is 26.0. The van der Waals surface area contributed by atoms with Crippen molar-refractivity contribution in [3.63, 3.8) is 0 Å². The number of rotatable bonds is 5. The number of halogens is 2. The van der Waals surface area contributed by atoms with Gasteiger partial charge in [-0.15, -0.1) is 0 Å². The lowest BCUT2D eigenvalue weighted by Crippen LogP contribution is -2.41. The number of benzene rings is 2. The van der Waals surface area contributed by atoms with Crippen molar-refractivity contribution in [2.45, 2.75) is 32.7 Å². The number of nitrogens with one attached hydrogen (secondary N) is 1. The van der Waals surface area contributed by atoms with Gasteiger partial charge in [-0.25, -0.2) is 8.78 Å². The van der Waals surface area contributed by atoms with Crippen LogP contribution in [0.15, 0.2) is 42.5 Å². The first-order valence-corrected chi connectivity index (χ1v) is 10.8. The molecule has 1 heterocycles. The van der Waals surface area contributed by atoms with Gasteiger partial charge in [-0.2, -0.15) is 0 Å². The highest BCUT2D eigenvalue weighted by Crippen LogP contribution is 2.23. The topological polar surface area (TPSA) is 52.7 Å². The second kappa shape index (κ2) is 14.3. The molecule has 32 heavy (non-hydrogen) atoms. The number of nitrogens with zero attached hydrogens (tertiary/aromatic N) is 2. The van der Waals surface area contributed by atoms with Crippen LogP contribution in [0.3, 0.4) is 0 Å². The average molecular weight is 448 g/mol. The number of aldehydes is 1. The molecular formula is C25H35F2N3O2. The van der Waals surface area contributed by atoms with E-state index in [0.29, 0.717) is 11.6 Å². The molecule has 0 unspecified atom stereocenters. The van der Waals surface area contributed by atoms with Crippen molar-refractivity contribution in [1.29, 1.82) is 0 Å². The number of piperidine rings is 1. The van der Waals surface area contributed by atoms with Crippen LogP contribution in [0.4, 0.5) is 14.5 Å². The van der Waals surface area contributed by atoms with E-state index >= 15 is 0 Å². The quantitative estimate of drug-likeness (QED) is 0.676. The molecule has 1 N–H and O–H groups in total. The van der Waals surface area contributed by atoms with Gasteiger partial charge in [0, 0.05) is 37.8 Å². The molecule has 0 radical (unpaired) electrons. The lowest BCUT2D eigenvalue weighted by molar-refractivity contribution is -0.119. The number of hydrogen-bond donors (Lipinski definition) is 1. The van der Waals surface area contributed by atoms with E-state index in [2.05, 4.69) is 17.3 Å². The van der Waals surface area contributed by atoms with Gasteiger partial charge in [0.2, 0.25) is 6.41 Å². The standard InChI is InChI=1S/C13H11F2N.C8H16N2O.C4H8O/c1-16-13-4-2-9(3-5-13)10-6-11(14)8-12(15)7-10;1-9-5-3-8(4-6-9)10(2)7-11;1-4(2)3-5/h2-8,16H,1H3;7-8H,3-6H2,1-2H3;3-4H,1-2H3. The molecule has 5 nitrogen and oxygen atoms in total. The van der Waals surface area contributed by atoms with Gasteiger partial charge in [0.05, 0.1) is 0 Å². The summed E-state index contributed by atoms with van der Waals surface area (Å²) in [7, 11) is 5.80. The fourth-order valence-corrected chi connectivity index (χ4v) is 3.04. The number of amides is 1. The Morgan fingerprint density at radius 3 is 1.91 bits per heavy atom. The second-order valence-electron chi connectivity index (χ2n) is 8.17. The first-order chi connectivity index (χ1) is 15.2. The number of carbonyl (C=O) groups is 2. The minimum atomic E-state index is -0.562. The molecule has 2 aromatic rings. The van der Waals surface area contributed by atoms with Crippen molar-refractivity contribution >= 4 is 18.4 Å². The third-order valence-corrected chi connectivity index (χ3v) is 5.07. The first kappa shape index (κ1) is 27.2. The Labute approximate surface area is 190 Å². The van der Waals surface area contributed by atoms with E-state index < -0.39 is 11.6 Å². The Kier molecular flexibility index (Phi) is 12.2. The van der Waals surface area contributed by atoms with Crippen LogP contribution in [0, 0.1) is 17.6 Å². The molecule has 3 rings (SSSR count). The molecule has 0 aromatic heterocycles. The molecule has 0 bridgehead atoms. The average Bonchev–Trinajstić information content (AvgIpc) is 2.79. The van der Waals surface area contributed by atoms with Gasteiger partial charge in [-0.3, -0.25) is 4.79 Å². The van der Waals surface area contributed by atoms with Crippen molar-refractivity contribution < 1.29 is 18.4 Å². The lowest BCUT2D eigenvalue weighted by Gasteiger charge is -2.32. The van der Waals surface area contributed by atoms with Crippen LogP contribution in [0.2, 0.25) is 0 Å². The van der Waals surface area contributed by atoms with E-state index in [-0.39, 0.29) is 5.92 Å². The first-order valence-electron chi connectivity index (χ1n) is 10.8. The van der Waals surface area contributed by atoms with Crippen molar-refractivity contribution in [2.75, 3.05) is 39.5 Å². The zero-order valence-corrected chi connectivity index (χ0v) is 19.6. The third kappa shape index (κ3) is 10.0. The van der Waals surface area contributed by atoms with Gasteiger partial charge < -0.3 is 19.9 Å². The van der Waals surface area contributed by atoms with E-state index in [0.717, 1.165) is 55.9 Å². The maximum Gasteiger partial charge on any atom is 0.209 e. The van der Waals surface area contributed by atoms with E-state index in [4.69, 9.17) is 0 Å². The SMILES string of the molecule is CC(C)C=O.CN1CCC(N(C)C=O)CC1.CNc1ccc(-c2cc(F)cc(F)c2)cc1. The Hall–Kier alpha value is -2.80. The van der Waals surface area contributed by atoms with E-state index in [1.807, 2.05) is 52.2 Å². The number of hydrogen-bond acceptors (Lipinski definition) is 4. The van der Waals surface area contributed by atoms with Crippen LogP contribution in [-0.4, -0.2) is 62.8 Å². The highest BCUT2D eigenvalue weighted by Gasteiger charge is 2.18. The van der Waals surface area contributed by atoms with Crippen LogP contribution in [0.5, 0.6) is 0 Å². The Morgan fingerprint density at radius 2 is 1.50 bits per heavy atom. The lowest BCUT2D eigenvalue weighted by atomic mass is 10.1. The predicted octanol–water partition coefficient (Wildman–Crippen LogP) is 4.68. The van der Waals surface area contributed by atoms with Crippen LogP contribution < -0.4 is 5.32 Å². The summed E-state index contributed by atoms with van der Waals surface area (Å²) in [6, 6.07) is 11.3. The molecule has 1 aliphatic heterocycles. The summed E-state index contributed by atoms with van der Waals surface area (Å²) >= 11 is 0. The zero-order valence-electron chi connectivity index (χ0n) is 19.6. The maximum atomic E-state index is 13.0. The Balaban J connectivity index is 0.000000278. The van der Waals surface area contributed by atoms with E-state index in [9.17, 15) is 18.4 Å². The molecule has 1 saturated heterocycles. The van der Waals surface area contributed by atoms with E-state index in [1.165, 1.54) is 12.1 Å². The highest BCUT2D eigenvalue weighted by atomic mass is 19.1.